The summed E-state index contributed by atoms with van der Waals surface area (Å²) >= 11 is 18.4. The lowest BCUT2D eigenvalue weighted by Crippen LogP contribution is -2.26. The summed E-state index contributed by atoms with van der Waals surface area (Å²) in [5.74, 6) is 0. The smallest absolute Gasteiger partial charge is 0.279 e. The van der Waals surface area contributed by atoms with Crippen LogP contribution in [0.2, 0.25) is 15.1 Å². The molecule has 2 aromatic heterocycles. The van der Waals surface area contributed by atoms with Crippen molar-refractivity contribution in [2.24, 2.45) is 0 Å². The van der Waals surface area contributed by atoms with Crippen molar-refractivity contribution < 1.29 is 0 Å². The standard InChI is InChI=1S/C22H16Cl3N3O2/c1-12(2)27-8-7-15(9-20(27)29)28-22(30)17-11-19(25)18(24)10-16(17)21(26-28)13-3-5-14(23)6-4-13/h3-12H,1-2H3. The van der Waals surface area contributed by atoms with E-state index in [0.717, 1.165) is 5.56 Å². The van der Waals surface area contributed by atoms with Gasteiger partial charge in [-0.3, -0.25) is 9.59 Å². The molecule has 5 nitrogen and oxygen atoms in total. The molecular formula is C22H16Cl3N3O2. The van der Waals surface area contributed by atoms with E-state index < -0.39 is 5.56 Å². The highest BCUT2D eigenvalue weighted by molar-refractivity contribution is 6.43. The van der Waals surface area contributed by atoms with Crippen molar-refractivity contribution in [2.75, 3.05) is 0 Å². The van der Waals surface area contributed by atoms with Gasteiger partial charge in [0.15, 0.2) is 0 Å². The normalized spacial score (nSPS) is 11.4. The molecule has 0 radical (unpaired) electrons. The number of nitrogens with zero attached hydrogens (tertiary/aromatic N) is 3. The van der Waals surface area contributed by atoms with Crippen LogP contribution < -0.4 is 11.1 Å². The summed E-state index contributed by atoms with van der Waals surface area (Å²) in [6, 6.07) is 13.3. The zero-order valence-electron chi connectivity index (χ0n) is 16.1. The highest BCUT2D eigenvalue weighted by Gasteiger charge is 2.16. The SMILES string of the molecule is CC(C)n1ccc(-n2nc(-c3ccc(Cl)cc3)c3cc(Cl)c(Cl)cc3c2=O)cc1=O. The lowest BCUT2D eigenvalue weighted by atomic mass is 10.0. The van der Waals surface area contributed by atoms with Crippen molar-refractivity contribution in [3.63, 3.8) is 0 Å². The highest BCUT2D eigenvalue weighted by Crippen LogP contribution is 2.32. The Hall–Kier alpha value is -2.60. The first-order valence-electron chi connectivity index (χ1n) is 9.17. The van der Waals surface area contributed by atoms with Gasteiger partial charge in [-0.15, -0.1) is 0 Å². The van der Waals surface area contributed by atoms with Gasteiger partial charge in [-0.2, -0.15) is 9.78 Å². The van der Waals surface area contributed by atoms with Crippen LogP contribution in [0, 0.1) is 0 Å². The number of rotatable bonds is 3. The first-order valence-corrected chi connectivity index (χ1v) is 10.3. The number of hydrogen-bond donors (Lipinski definition) is 0. The maximum atomic E-state index is 13.2. The minimum Gasteiger partial charge on any atom is -0.313 e. The third-order valence-electron chi connectivity index (χ3n) is 4.79. The predicted octanol–water partition coefficient (Wildman–Crippen LogP) is 5.76. The minimum atomic E-state index is -0.400. The number of pyridine rings is 1. The zero-order valence-corrected chi connectivity index (χ0v) is 18.3. The monoisotopic (exact) mass is 459 g/mol. The molecule has 0 aliphatic carbocycles. The Morgan fingerprint density at radius 3 is 2.10 bits per heavy atom. The molecule has 4 aromatic rings. The molecule has 0 aliphatic rings. The van der Waals surface area contributed by atoms with Crippen LogP contribution in [0.5, 0.6) is 0 Å². The molecule has 0 atom stereocenters. The number of fused-ring (bicyclic) bond motifs is 1. The van der Waals surface area contributed by atoms with E-state index in [1.54, 1.807) is 47.2 Å². The fraction of sp³-hybridized carbons (Fsp3) is 0.136. The largest absolute Gasteiger partial charge is 0.313 e. The Morgan fingerprint density at radius 1 is 0.867 bits per heavy atom. The van der Waals surface area contributed by atoms with Crippen LogP contribution >= 0.6 is 34.8 Å². The van der Waals surface area contributed by atoms with E-state index in [2.05, 4.69) is 5.10 Å². The van der Waals surface area contributed by atoms with Crippen LogP contribution in [0.25, 0.3) is 27.7 Å². The van der Waals surface area contributed by atoms with E-state index >= 15 is 0 Å². The highest BCUT2D eigenvalue weighted by atomic mass is 35.5. The van der Waals surface area contributed by atoms with Crippen LogP contribution in [0.15, 0.2) is 64.3 Å². The van der Waals surface area contributed by atoms with Crippen LogP contribution in [-0.2, 0) is 0 Å². The van der Waals surface area contributed by atoms with E-state index in [1.807, 2.05) is 13.8 Å². The van der Waals surface area contributed by atoms with Gasteiger partial charge < -0.3 is 4.57 Å². The van der Waals surface area contributed by atoms with Gasteiger partial charge >= 0.3 is 0 Å². The molecule has 0 spiro atoms. The van der Waals surface area contributed by atoms with Crippen molar-refractivity contribution in [1.82, 2.24) is 14.3 Å². The van der Waals surface area contributed by atoms with Crippen molar-refractivity contribution in [3.05, 3.63) is 90.5 Å². The molecule has 152 valence electrons. The number of hydrogen-bond acceptors (Lipinski definition) is 3. The molecule has 0 amide bonds. The van der Waals surface area contributed by atoms with E-state index in [1.165, 1.54) is 16.8 Å². The van der Waals surface area contributed by atoms with E-state index in [4.69, 9.17) is 34.8 Å². The van der Waals surface area contributed by atoms with Gasteiger partial charge in [0.25, 0.3) is 11.1 Å². The summed E-state index contributed by atoms with van der Waals surface area (Å²) in [5, 5.41) is 6.63. The van der Waals surface area contributed by atoms with Gasteiger partial charge in [-0.05, 0) is 44.2 Å². The van der Waals surface area contributed by atoms with Crippen LogP contribution in [0.4, 0.5) is 0 Å². The van der Waals surface area contributed by atoms with Gasteiger partial charge in [0.2, 0.25) is 0 Å². The molecular weight excluding hydrogens is 445 g/mol. The summed E-state index contributed by atoms with van der Waals surface area (Å²) in [4.78, 5) is 25.7. The summed E-state index contributed by atoms with van der Waals surface area (Å²) in [6.07, 6.45) is 1.65. The molecule has 0 bridgehead atoms. The summed E-state index contributed by atoms with van der Waals surface area (Å²) < 4.78 is 2.79. The molecule has 2 aromatic carbocycles. The summed E-state index contributed by atoms with van der Waals surface area (Å²) in [5.41, 5.74) is 1.01. The lowest BCUT2D eigenvalue weighted by Gasteiger charge is -2.14. The maximum absolute atomic E-state index is 13.2. The van der Waals surface area contributed by atoms with Crippen molar-refractivity contribution in [2.45, 2.75) is 19.9 Å². The fourth-order valence-corrected chi connectivity index (χ4v) is 3.72. The third-order valence-corrected chi connectivity index (χ3v) is 5.76. The van der Waals surface area contributed by atoms with Gasteiger partial charge in [0, 0.05) is 34.3 Å². The Bertz CT molecular complexity index is 1390. The number of benzene rings is 2. The van der Waals surface area contributed by atoms with E-state index in [-0.39, 0.29) is 16.6 Å². The van der Waals surface area contributed by atoms with Crippen molar-refractivity contribution in [1.29, 1.82) is 0 Å². The molecule has 0 aliphatic heterocycles. The van der Waals surface area contributed by atoms with Gasteiger partial charge in [-0.1, -0.05) is 46.9 Å². The summed E-state index contributed by atoms with van der Waals surface area (Å²) in [7, 11) is 0. The van der Waals surface area contributed by atoms with E-state index in [9.17, 15) is 9.59 Å². The second kappa shape index (κ2) is 7.91. The fourth-order valence-electron chi connectivity index (χ4n) is 3.27. The number of aromatic nitrogens is 3. The first kappa shape index (κ1) is 20.7. The topological polar surface area (TPSA) is 56.9 Å². The zero-order chi connectivity index (χ0) is 21.6. The quantitative estimate of drug-likeness (QED) is 0.391. The molecule has 4 rings (SSSR count). The second-order valence-corrected chi connectivity index (χ2v) is 8.36. The van der Waals surface area contributed by atoms with Crippen LogP contribution in [0.1, 0.15) is 19.9 Å². The number of halogens is 3. The Kier molecular flexibility index (Phi) is 5.45. The van der Waals surface area contributed by atoms with Crippen molar-refractivity contribution >= 4 is 45.6 Å². The summed E-state index contributed by atoms with van der Waals surface area (Å²) in [6.45, 7) is 3.82. The molecule has 0 unspecified atom stereocenters. The van der Waals surface area contributed by atoms with Gasteiger partial charge in [0.05, 0.1) is 26.8 Å². The second-order valence-electron chi connectivity index (χ2n) is 7.11. The Morgan fingerprint density at radius 2 is 1.50 bits per heavy atom. The third kappa shape index (κ3) is 3.65. The molecule has 0 N–H and O–H groups in total. The van der Waals surface area contributed by atoms with Crippen molar-refractivity contribution in [3.8, 4) is 16.9 Å². The maximum Gasteiger partial charge on any atom is 0.279 e. The van der Waals surface area contributed by atoms with Crippen LogP contribution in [-0.4, -0.2) is 14.3 Å². The molecule has 2 heterocycles. The Labute approximate surface area is 187 Å². The Balaban J connectivity index is 2.06. The molecule has 8 heteroatoms. The molecule has 30 heavy (non-hydrogen) atoms. The van der Waals surface area contributed by atoms with E-state index in [0.29, 0.717) is 32.2 Å². The van der Waals surface area contributed by atoms with Gasteiger partial charge in [-0.25, -0.2) is 0 Å². The average molecular weight is 461 g/mol. The predicted molar refractivity (Wildman–Crippen MR) is 122 cm³/mol. The van der Waals surface area contributed by atoms with Gasteiger partial charge in [0.1, 0.15) is 0 Å². The molecule has 0 fully saturated rings. The minimum absolute atomic E-state index is 0.00147. The van der Waals surface area contributed by atoms with Crippen LogP contribution in [0.3, 0.4) is 0 Å². The lowest BCUT2D eigenvalue weighted by molar-refractivity contribution is 0.576. The first-order chi connectivity index (χ1) is 14.3. The average Bonchev–Trinajstić information content (AvgIpc) is 2.70. The molecule has 0 saturated heterocycles. The molecule has 0 saturated carbocycles.